The quantitative estimate of drug-likeness (QED) is 0.844. The fourth-order valence-corrected chi connectivity index (χ4v) is 3.15. The van der Waals surface area contributed by atoms with Gasteiger partial charge in [0.15, 0.2) is 11.6 Å². The number of nitrogens with one attached hydrogen (secondary N) is 1. The number of fused-ring (bicyclic) bond motifs is 1. The van der Waals surface area contributed by atoms with E-state index in [1.165, 1.54) is 0 Å². The van der Waals surface area contributed by atoms with Crippen molar-refractivity contribution in [3.63, 3.8) is 0 Å². The van der Waals surface area contributed by atoms with E-state index in [1.54, 1.807) is 6.20 Å². The number of carbonyl (C=O) groups is 1. The molecule has 4 heterocycles. The normalized spacial score (nSPS) is 24.2. The molecule has 1 amide bonds. The lowest BCUT2D eigenvalue weighted by Crippen LogP contribution is -2.29. The number of rotatable bonds is 2. The maximum atomic E-state index is 11.7. The van der Waals surface area contributed by atoms with Crippen molar-refractivity contribution in [1.29, 1.82) is 0 Å². The Labute approximate surface area is 122 Å². The lowest BCUT2D eigenvalue weighted by atomic mass is 10.0. The van der Waals surface area contributed by atoms with Crippen LogP contribution in [0.1, 0.15) is 0 Å². The Balaban J connectivity index is 1.55. The Kier molecular flexibility index (Phi) is 2.66. The Morgan fingerprint density at radius 3 is 2.86 bits per heavy atom. The molecule has 0 aliphatic carbocycles. The van der Waals surface area contributed by atoms with Crippen molar-refractivity contribution in [3.05, 3.63) is 24.5 Å². The molecule has 21 heavy (non-hydrogen) atoms. The minimum atomic E-state index is 0.0982. The van der Waals surface area contributed by atoms with Crippen molar-refractivity contribution in [2.24, 2.45) is 18.9 Å². The lowest BCUT2D eigenvalue weighted by Gasteiger charge is -2.17. The van der Waals surface area contributed by atoms with Crippen LogP contribution in [0.25, 0.3) is 11.5 Å². The van der Waals surface area contributed by atoms with Crippen molar-refractivity contribution < 1.29 is 4.79 Å². The smallest absolute Gasteiger partial charge is 0.225 e. The van der Waals surface area contributed by atoms with E-state index >= 15 is 0 Å². The highest BCUT2D eigenvalue weighted by atomic mass is 16.2. The number of aryl methyl sites for hydroxylation is 1. The third kappa shape index (κ3) is 1.96. The summed E-state index contributed by atoms with van der Waals surface area (Å²) in [7, 11) is 1.93. The van der Waals surface area contributed by atoms with Gasteiger partial charge in [0.1, 0.15) is 5.69 Å². The summed E-state index contributed by atoms with van der Waals surface area (Å²) in [5, 5.41) is 11.5. The molecule has 7 heteroatoms. The number of amides is 1. The topological polar surface area (TPSA) is 75.9 Å². The number of hydrogen-bond acceptors (Lipinski definition) is 5. The molecule has 2 aromatic rings. The highest BCUT2D eigenvalue weighted by molar-refractivity contribution is 5.82. The molecule has 2 aliphatic rings. The molecule has 0 unspecified atom stereocenters. The predicted molar refractivity (Wildman–Crippen MR) is 76.4 cm³/mol. The molecule has 2 atom stereocenters. The monoisotopic (exact) mass is 284 g/mol. The molecule has 2 aliphatic heterocycles. The summed E-state index contributed by atoms with van der Waals surface area (Å²) >= 11 is 0. The van der Waals surface area contributed by atoms with Gasteiger partial charge in [-0.25, -0.2) is 4.98 Å². The van der Waals surface area contributed by atoms with Crippen LogP contribution in [0.5, 0.6) is 0 Å². The molecule has 0 bridgehead atoms. The molecule has 0 radical (unpaired) electrons. The van der Waals surface area contributed by atoms with E-state index in [4.69, 9.17) is 0 Å². The van der Waals surface area contributed by atoms with Gasteiger partial charge in [0, 0.05) is 45.0 Å². The van der Waals surface area contributed by atoms with Crippen LogP contribution >= 0.6 is 0 Å². The van der Waals surface area contributed by atoms with Crippen LogP contribution in [0.4, 0.5) is 5.82 Å². The van der Waals surface area contributed by atoms with E-state index < -0.39 is 0 Å². The van der Waals surface area contributed by atoms with Gasteiger partial charge in [-0.3, -0.25) is 4.79 Å². The van der Waals surface area contributed by atoms with E-state index in [1.807, 2.05) is 29.9 Å². The summed E-state index contributed by atoms with van der Waals surface area (Å²) in [5.41, 5.74) is 0.753. The van der Waals surface area contributed by atoms with Crippen LogP contribution in [0.15, 0.2) is 24.5 Å². The van der Waals surface area contributed by atoms with Crippen molar-refractivity contribution >= 4 is 11.7 Å². The summed E-state index contributed by atoms with van der Waals surface area (Å²) in [6.45, 7) is 2.37. The molecule has 0 spiro atoms. The average molecular weight is 284 g/mol. The first-order chi connectivity index (χ1) is 10.2. The lowest BCUT2D eigenvalue weighted by molar-refractivity contribution is -0.122. The number of carbonyl (C=O) groups excluding carboxylic acids is 1. The molecule has 0 saturated carbocycles. The zero-order valence-corrected chi connectivity index (χ0v) is 11.7. The van der Waals surface area contributed by atoms with Gasteiger partial charge >= 0.3 is 0 Å². The maximum Gasteiger partial charge on any atom is 0.225 e. The number of imidazole rings is 1. The van der Waals surface area contributed by atoms with Gasteiger partial charge in [0.05, 0.1) is 5.92 Å². The molecule has 2 aromatic heterocycles. The van der Waals surface area contributed by atoms with E-state index in [2.05, 4.69) is 25.4 Å². The first kappa shape index (κ1) is 12.3. The first-order valence-corrected chi connectivity index (χ1v) is 7.06. The fraction of sp³-hybridized carbons (Fsp3) is 0.429. The van der Waals surface area contributed by atoms with Crippen LogP contribution in [-0.2, 0) is 11.8 Å². The molecule has 0 aromatic carbocycles. The second-order valence-electron chi connectivity index (χ2n) is 5.66. The zero-order valence-electron chi connectivity index (χ0n) is 11.7. The van der Waals surface area contributed by atoms with Crippen LogP contribution < -0.4 is 10.2 Å². The van der Waals surface area contributed by atoms with Crippen molar-refractivity contribution in [1.82, 2.24) is 25.1 Å². The van der Waals surface area contributed by atoms with Gasteiger partial charge in [0.2, 0.25) is 5.91 Å². The summed E-state index contributed by atoms with van der Waals surface area (Å²) in [6.07, 6.45) is 3.62. The minimum Gasteiger partial charge on any atom is -0.355 e. The summed E-state index contributed by atoms with van der Waals surface area (Å²) in [4.78, 5) is 18.1. The van der Waals surface area contributed by atoms with Crippen LogP contribution in [0.2, 0.25) is 0 Å². The van der Waals surface area contributed by atoms with Gasteiger partial charge in [0.25, 0.3) is 0 Å². The second-order valence-corrected chi connectivity index (χ2v) is 5.66. The van der Waals surface area contributed by atoms with Crippen LogP contribution in [0, 0.1) is 11.8 Å². The number of anilines is 1. The van der Waals surface area contributed by atoms with Gasteiger partial charge in [-0.2, -0.15) is 0 Å². The standard InChI is InChI=1S/C14H16N6O/c1-19-5-4-15-13(19)11-2-3-12(18-17-11)20-7-9-6-16-14(21)10(9)8-20/h2-5,9-10H,6-8H2,1H3,(H,16,21)/t9-,10+/m0/s1. The number of nitrogens with zero attached hydrogens (tertiary/aromatic N) is 5. The predicted octanol–water partition coefficient (Wildman–Crippen LogP) is 0.0593. The fourth-order valence-electron chi connectivity index (χ4n) is 3.15. The highest BCUT2D eigenvalue weighted by Crippen LogP contribution is 2.30. The molecule has 7 nitrogen and oxygen atoms in total. The summed E-state index contributed by atoms with van der Waals surface area (Å²) in [5.74, 6) is 2.29. The van der Waals surface area contributed by atoms with E-state index in [0.717, 1.165) is 37.0 Å². The Morgan fingerprint density at radius 1 is 1.29 bits per heavy atom. The number of hydrogen-bond donors (Lipinski definition) is 1. The van der Waals surface area contributed by atoms with Gasteiger partial charge < -0.3 is 14.8 Å². The average Bonchev–Trinajstić information content (AvgIpc) is 3.17. The molecular formula is C14H16N6O. The Morgan fingerprint density at radius 2 is 2.19 bits per heavy atom. The first-order valence-electron chi connectivity index (χ1n) is 7.06. The molecule has 4 rings (SSSR count). The number of aromatic nitrogens is 4. The summed E-state index contributed by atoms with van der Waals surface area (Å²) < 4.78 is 1.91. The summed E-state index contributed by atoms with van der Waals surface area (Å²) in [6, 6.07) is 3.88. The van der Waals surface area contributed by atoms with Crippen LogP contribution in [-0.4, -0.2) is 45.3 Å². The van der Waals surface area contributed by atoms with E-state index in [-0.39, 0.29) is 11.8 Å². The largest absolute Gasteiger partial charge is 0.355 e. The van der Waals surface area contributed by atoms with Crippen molar-refractivity contribution in [2.75, 3.05) is 24.5 Å². The minimum absolute atomic E-state index is 0.0982. The van der Waals surface area contributed by atoms with E-state index in [9.17, 15) is 4.79 Å². The molecular weight excluding hydrogens is 268 g/mol. The van der Waals surface area contributed by atoms with Crippen molar-refractivity contribution in [3.8, 4) is 11.5 Å². The Hall–Kier alpha value is -2.44. The molecule has 2 fully saturated rings. The highest BCUT2D eigenvalue weighted by Gasteiger charge is 2.42. The maximum absolute atomic E-state index is 11.7. The molecule has 1 N–H and O–H groups in total. The van der Waals surface area contributed by atoms with E-state index in [0.29, 0.717) is 5.92 Å². The van der Waals surface area contributed by atoms with Crippen LogP contribution in [0.3, 0.4) is 0 Å². The Bertz CT molecular complexity index is 679. The van der Waals surface area contributed by atoms with Gasteiger partial charge in [-0.15, -0.1) is 10.2 Å². The van der Waals surface area contributed by atoms with Gasteiger partial charge in [-0.05, 0) is 12.1 Å². The zero-order chi connectivity index (χ0) is 14.4. The third-order valence-corrected chi connectivity index (χ3v) is 4.34. The third-order valence-electron chi connectivity index (χ3n) is 4.34. The molecule has 108 valence electrons. The molecule has 2 saturated heterocycles. The second kappa shape index (κ2) is 4.54. The SMILES string of the molecule is Cn1ccnc1-c1ccc(N2C[C@@H]3CNC(=O)[C@@H]3C2)nn1. The van der Waals surface area contributed by atoms with Crippen molar-refractivity contribution in [2.45, 2.75) is 0 Å². The van der Waals surface area contributed by atoms with Gasteiger partial charge in [-0.1, -0.05) is 0 Å².